The second-order valence-corrected chi connectivity index (χ2v) is 3.57. The summed E-state index contributed by atoms with van der Waals surface area (Å²) in [5.41, 5.74) is 0. The first kappa shape index (κ1) is 10.3. The Morgan fingerprint density at radius 3 is 2.92 bits per heavy atom. The van der Waals surface area contributed by atoms with Crippen LogP contribution in [0.15, 0.2) is 0 Å². The van der Waals surface area contributed by atoms with Crippen LogP contribution in [-0.4, -0.2) is 43.9 Å². The second kappa shape index (κ2) is 5.07. The van der Waals surface area contributed by atoms with Crippen molar-refractivity contribution in [2.45, 2.75) is 13.8 Å². The van der Waals surface area contributed by atoms with Crippen LogP contribution < -0.4 is 0 Å². The molecule has 0 spiro atoms. The van der Waals surface area contributed by atoms with Gasteiger partial charge in [-0.25, -0.2) is 4.79 Å². The maximum Gasteiger partial charge on any atom is 0.410 e. The van der Waals surface area contributed by atoms with Gasteiger partial charge >= 0.3 is 6.09 Å². The van der Waals surface area contributed by atoms with Crippen molar-refractivity contribution in [3.05, 3.63) is 0 Å². The van der Waals surface area contributed by atoms with Gasteiger partial charge < -0.3 is 14.4 Å². The lowest BCUT2D eigenvalue weighted by atomic mass is 10.2. The molecule has 76 valence electrons. The summed E-state index contributed by atoms with van der Waals surface area (Å²) in [7, 11) is 0. The predicted octanol–water partition coefficient (Wildman–Crippen LogP) is 1.11. The molecule has 0 aromatic carbocycles. The highest BCUT2D eigenvalue weighted by Crippen LogP contribution is 2.02. The SMILES string of the molecule is CC(C)COCCN1CCOC1=O. The fourth-order valence-corrected chi connectivity index (χ4v) is 1.12. The molecule has 0 aromatic rings. The minimum absolute atomic E-state index is 0.215. The highest BCUT2D eigenvalue weighted by molar-refractivity contribution is 5.69. The molecule has 1 fully saturated rings. The molecule has 1 aliphatic heterocycles. The topological polar surface area (TPSA) is 38.8 Å². The first-order valence-corrected chi connectivity index (χ1v) is 4.69. The van der Waals surface area contributed by atoms with Gasteiger partial charge in [-0.1, -0.05) is 13.8 Å². The fourth-order valence-electron chi connectivity index (χ4n) is 1.12. The summed E-state index contributed by atoms with van der Waals surface area (Å²) in [6.07, 6.45) is -0.215. The minimum Gasteiger partial charge on any atom is -0.448 e. The van der Waals surface area contributed by atoms with E-state index in [0.29, 0.717) is 32.2 Å². The molecule has 0 N–H and O–H groups in total. The molecule has 0 bridgehead atoms. The van der Waals surface area contributed by atoms with Crippen LogP contribution in [0.3, 0.4) is 0 Å². The molecule has 1 heterocycles. The molecule has 1 aliphatic rings. The average Bonchev–Trinajstić information content (AvgIpc) is 2.45. The van der Waals surface area contributed by atoms with Gasteiger partial charge in [0.05, 0.1) is 13.2 Å². The summed E-state index contributed by atoms with van der Waals surface area (Å²) in [4.78, 5) is 12.6. The van der Waals surface area contributed by atoms with Gasteiger partial charge in [0.15, 0.2) is 0 Å². The molecule has 0 atom stereocenters. The Morgan fingerprint density at radius 2 is 2.38 bits per heavy atom. The van der Waals surface area contributed by atoms with Gasteiger partial charge in [-0.3, -0.25) is 0 Å². The van der Waals surface area contributed by atoms with Crippen LogP contribution in [0.1, 0.15) is 13.8 Å². The largest absolute Gasteiger partial charge is 0.448 e. The number of rotatable bonds is 5. The molecule has 1 amide bonds. The zero-order chi connectivity index (χ0) is 9.68. The van der Waals surface area contributed by atoms with Gasteiger partial charge in [0, 0.05) is 13.2 Å². The summed E-state index contributed by atoms with van der Waals surface area (Å²) in [5.74, 6) is 0.547. The van der Waals surface area contributed by atoms with Crippen LogP contribution in [0, 0.1) is 5.92 Å². The molecule has 0 radical (unpaired) electrons. The van der Waals surface area contributed by atoms with Crippen LogP contribution in [0.2, 0.25) is 0 Å². The molecule has 1 saturated heterocycles. The van der Waals surface area contributed by atoms with Crippen molar-refractivity contribution in [1.29, 1.82) is 0 Å². The zero-order valence-electron chi connectivity index (χ0n) is 8.28. The van der Waals surface area contributed by atoms with Crippen LogP contribution >= 0.6 is 0 Å². The third-order valence-corrected chi connectivity index (χ3v) is 1.80. The van der Waals surface area contributed by atoms with E-state index in [4.69, 9.17) is 9.47 Å². The van der Waals surface area contributed by atoms with Gasteiger partial charge in [0.1, 0.15) is 6.61 Å². The maximum atomic E-state index is 11.0. The van der Waals surface area contributed by atoms with E-state index < -0.39 is 0 Å². The standard InChI is InChI=1S/C9H17NO3/c1-8(2)7-12-5-3-10-4-6-13-9(10)11/h8H,3-7H2,1-2H3. The summed E-state index contributed by atoms with van der Waals surface area (Å²) in [6, 6.07) is 0. The highest BCUT2D eigenvalue weighted by atomic mass is 16.6. The van der Waals surface area contributed by atoms with Crippen molar-refractivity contribution in [3.8, 4) is 0 Å². The number of ether oxygens (including phenoxy) is 2. The highest BCUT2D eigenvalue weighted by Gasteiger charge is 2.20. The quantitative estimate of drug-likeness (QED) is 0.605. The third kappa shape index (κ3) is 3.63. The van der Waals surface area contributed by atoms with E-state index in [1.165, 1.54) is 0 Å². The Labute approximate surface area is 78.8 Å². The number of carbonyl (C=O) groups excluding carboxylic acids is 1. The van der Waals surface area contributed by atoms with Crippen molar-refractivity contribution in [2.75, 3.05) is 32.9 Å². The fraction of sp³-hybridized carbons (Fsp3) is 0.889. The van der Waals surface area contributed by atoms with Crippen molar-refractivity contribution < 1.29 is 14.3 Å². The summed E-state index contributed by atoms with van der Waals surface area (Å²) in [5, 5.41) is 0. The van der Waals surface area contributed by atoms with E-state index in [2.05, 4.69) is 13.8 Å². The van der Waals surface area contributed by atoms with Crippen molar-refractivity contribution in [2.24, 2.45) is 5.92 Å². The second-order valence-electron chi connectivity index (χ2n) is 3.57. The average molecular weight is 187 g/mol. The van der Waals surface area contributed by atoms with Gasteiger partial charge in [0.25, 0.3) is 0 Å². The first-order valence-electron chi connectivity index (χ1n) is 4.69. The first-order chi connectivity index (χ1) is 6.20. The summed E-state index contributed by atoms with van der Waals surface area (Å²) in [6.45, 7) is 7.42. The molecule has 0 aromatic heterocycles. The zero-order valence-corrected chi connectivity index (χ0v) is 8.28. The van der Waals surface area contributed by atoms with Gasteiger partial charge in [-0.05, 0) is 5.92 Å². The smallest absolute Gasteiger partial charge is 0.410 e. The number of cyclic esters (lactones) is 1. The number of hydrogen-bond acceptors (Lipinski definition) is 3. The van der Waals surface area contributed by atoms with Crippen molar-refractivity contribution >= 4 is 6.09 Å². The van der Waals surface area contributed by atoms with Gasteiger partial charge in [-0.15, -0.1) is 0 Å². The van der Waals surface area contributed by atoms with Gasteiger partial charge in [0.2, 0.25) is 0 Å². The van der Waals surface area contributed by atoms with E-state index in [1.54, 1.807) is 4.90 Å². The van der Waals surface area contributed by atoms with Crippen LogP contribution in [0.25, 0.3) is 0 Å². The predicted molar refractivity (Wildman–Crippen MR) is 48.6 cm³/mol. The normalized spacial score (nSPS) is 16.8. The van der Waals surface area contributed by atoms with E-state index in [0.717, 1.165) is 6.61 Å². The monoisotopic (exact) mass is 187 g/mol. The lowest BCUT2D eigenvalue weighted by Gasteiger charge is -2.13. The van der Waals surface area contributed by atoms with E-state index in [-0.39, 0.29) is 6.09 Å². The number of hydrogen-bond donors (Lipinski definition) is 0. The molecule has 13 heavy (non-hydrogen) atoms. The Hall–Kier alpha value is -0.770. The Bertz CT molecular complexity index is 170. The number of nitrogens with zero attached hydrogens (tertiary/aromatic N) is 1. The van der Waals surface area contributed by atoms with Crippen LogP contribution in [0.4, 0.5) is 4.79 Å². The minimum atomic E-state index is -0.215. The van der Waals surface area contributed by atoms with Crippen molar-refractivity contribution in [1.82, 2.24) is 4.90 Å². The summed E-state index contributed by atoms with van der Waals surface area (Å²) < 4.78 is 10.1. The molecule has 4 nitrogen and oxygen atoms in total. The molecule has 0 saturated carbocycles. The Morgan fingerprint density at radius 1 is 1.62 bits per heavy atom. The molecular formula is C9H17NO3. The van der Waals surface area contributed by atoms with Crippen LogP contribution in [0.5, 0.6) is 0 Å². The third-order valence-electron chi connectivity index (χ3n) is 1.80. The number of carbonyl (C=O) groups is 1. The van der Waals surface area contributed by atoms with Gasteiger partial charge in [-0.2, -0.15) is 0 Å². The molecule has 0 aliphatic carbocycles. The van der Waals surface area contributed by atoms with Crippen LogP contribution in [-0.2, 0) is 9.47 Å². The lowest BCUT2D eigenvalue weighted by molar-refractivity contribution is 0.0920. The molecule has 0 unspecified atom stereocenters. The summed E-state index contributed by atoms with van der Waals surface area (Å²) >= 11 is 0. The Balaban J connectivity index is 2.02. The van der Waals surface area contributed by atoms with E-state index >= 15 is 0 Å². The Kier molecular flexibility index (Phi) is 4.02. The lowest BCUT2D eigenvalue weighted by Crippen LogP contribution is -2.28. The van der Waals surface area contributed by atoms with E-state index in [9.17, 15) is 4.79 Å². The molecular weight excluding hydrogens is 170 g/mol. The molecule has 1 rings (SSSR count). The maximum absolute atomic E-state index is 11.0. The van der Waals surface area contributed by atoms with E-state index in [1.807, 2.05) is 0 Å². The molecule has 4 heteroatoms. The number of amides is 1. The van der Waals surface area contributed by atoms with Crippen molar-refractivity contribution in [3.63, 3.8) is 0 Å².